The van der Waals surface area contributed by atoms with Gasteiger partial charge in [-0.3, -0.25) is 4.79 Å². The Morgan fingerprint density at radius 1 is 1.25 bits per heavy atom. The number of aliphatic hydroxyl groups is 2. The average Bonchev–Trinajstić information content (AvgIpc) is 3.64. The molecule has 9 N–H and O–H groups in total. The predicted molar refractivity (Wildman–Crippen MR) is 146 cm³/mol. The zero-order chi connectivity index (χ0) is 28.6. The summed E-state index contributed by atoms with van der Waals surface area (Å²) < 4.78 is 5.90. The van der Waals surface area contributed by atoms with Gasteiger partial charge in [-0.05, 0) is 30.7 Å². The van der Waals surface area contributed by atoms with E-state index in [0.29, 0.717) is 17.9 Å². The number of amides is 3. The van der Waals surface area contributed by atoms with Crippen LogP contribution >= 0.6 is 0 Å². The summed E-state index contributed by atoms with van der Waals surface area (Å²) in [6, 6.07) is 2.47. The molecule has 3 amide bonds. The molecule has 2 fully saturated rings. The van der Waals surface area contributed by atoms with Gasteiger partial charge < -0.3 is 52.2 Å². The highest BCUT2D eigenvalue weighted by Crippen LogP contribution is 2.45. The standard InChI is InChI=1S/C26H37N9O5/c1-24(2)9-10-40-18-14(5-4-6-15(18)24)20(36)31-17-12-35-22(28)30-16(11-29-23(37)34(3)13-7-8-13)19-25(35,26(17,38)39)33-21(27)32-19/h4-6,13,16-17,19,38-39H,7-12H2,1-3H3,(H2,28,30)(H,29,37)(H,31,36)(H3,27,32,33)/t16-,17?,19-,25-/m0/s1. The van der Waals surface area contributed by atoms with Crippen molar-refractivity contribution in [3.05, 3.63) is 29.3 Å². The second-order valence-corrected chi connectivity index (χ2v) is 12.0. The van der Waals surface area contributed by atoms with Crippen LogP contribution in [-0.2, 0) is 5.41 Å². The minimum absolute atomic E-state index is 0.00911. The Bertz CT molecular complexity index is 1310. The van der Waals surface area contributed by atoms with Crippen molar-refractivity contribution in [3.63, 3.8) is 0 Å². The smallest absolute Gasteiger partial charge is 0.317 e. The summed E-state index contributed by atoms with van der Waals surface area (Å²) in [5, 5.41) is 31.9. The number of rotatable bonds is 5. The van der Waals surface area contributed by atoms with Crippen LogP contribution in [0.4, 0.5) is 4.79 Å². The van der Waals surface area contributed by atoms with Gasteiger partial charge in [-0.25, -0.2) is 14.8 Å². The fourth-order valence-corrected chi connectivity index (χ4v) is 6.38. The molecule has 0 aromatic heterocycles. The van der Waals surface area contributed by atoms with Gasteiger partial charge in [0.1, 0.15) is 17.8 Å². The van der Waals surface area contributed by atoms with Crippen LogP contribution < -0.4 is 32.2 Å². The second-order valence-electron chi connectivity index (χ2n) is 12.0. The van der Waals surface area contributed by atoms with Crippen molar-refractivity contribution in [2.75, 3.05) is 26.7 Å². The Morgan fingerprint density at radius 3 is 2.73 bits per heavy atom. The Morgan fingerprint density at radius 2 is 2.00 bits per heavy atom. The highest BCUT2D eigenvalue weighted by Gasteiger charge is 2.73. The minimum atomic E-state index is -2.58. The lowest BCUT2D eigenvalue weighted by molar-refractivity contribution is -0.230. The number of nitrogens with zero attached hydrogens (tertiary/aromatic N) is 4. The molecule has 216 valence electrons. The third-order valence-electron chi connectivity index (χ3n) is 8.95. The molecule has 5 aliphatic rings. The van der Waals surface area contributed by atoms with Crippen molar-refractivity contribution in [2.24, 2.45) is 21.5 Å². The Hall–Kier alpha value is -3.78. The van der Waals surface area contributed by atoms with Gasteiger partial charge in [0, 0.05) is 31.7 Å². The van der Waals surface area contributed by atoms with Crippen LogP contribution in [0.1, 0.15) is 49.0 Å². The maximum Gasteiger partial charge on any atom is 0.317 e. The van der Waals surface area contributed by atoms with E-state index in [1.54, 1.807) is 24.1 Å². The molecule has 1 aliphatic carbocycles. The molecule has 1 saturated carbocycles. The number of nitrogens with one attached hydrogen (secondary N) is 3. The highest BCUT2D eigenvalue weighted by molar-refractivity contribution is 5.98. The first-order valence-corrected chi connectivity index (χ1v) is 13.6. The molecular formula is C26H37N9O5. The van der Waals surface area contributed by atoms with Gasteiger partial charge in [-0.2, -0.15) is 0 Å². The first-order valence-electron chi connectivity index (χ1n) is 13.6. The van der Waals surface area contributed by atoms with Gasteiger partial charge in [0.25, 0.3) is 5.91 Å². The third kappa shape index (κ3) is 3.84. The maximum atomic E-state index is 13.6. The number of para-hydroxylation sites is 1. The van der Waals surface area contributed by atoms with Crippen LogP contribution in [0, 0.1) is 0 Å². The van der Waals surface area contributed by atoms with Crippen LogP contribution in [0.3, 0.4) is 0 Å². The number of urea groups is 1. The van der Waals surface area contributed by atoms with Crippen LogP contribution in [-0.4, -0.2) is 106 Å². The molecule has 0 bridgehead atoms. The fourth-order valence-electron chi connectivity index (χ4n) is 6.38. The zero-order valence-corrected chi connectivity index (χ0v) is 22.8. The number of carbonyl (C=O) groups is 2. The topological polar surface area (TPSA) is 203 Å². The Labute approximate surface area is 231 Å². The molecule has 1 spiro atoms. The van der Waals surface area contributed by atoms with Gasteiger partial charge in [0.15, 0.2) is 17.6 Å². The largest absolute Gasteiger partial charge is 0.492 e. The molecule has 4 atom stereocenters. The van der Waals surface area contributed by atoms with E-state index in [0.717, 1.165) is 24.8 Å². The summed E-state index contributed by atoms with van der Waals surface area (Å²) in [6.07, 6.45) is 2.74. The van der Waals surface area contributed by atoms with Crippen LogP contribution in [0.5, 0.6) is 5.75 Å². The van der Waals surface area contributed by atoms with Crippen molar-refractivity contribution >= 4 is 23.9 Å². The molecule has 14 heteroatoms. The molecule has 4 aliphatic heterocycles. The molecule has 4 heterocycles. The number of ether oxygens (including phenoxy) is 1. The zero-order valence-electron chi connectivity index (χ0n) is 22.8. The monoisotopic (exact) mass is 555 g/mol. The summed E-state index contributed by atoms with van der Waals surface area (Å²) in [4.78, 5) is 38.2. The average molecular weight is 556 g/mol. The number of guanidine groups is 2. The number of benzene rings is 1. The molecule has 40 heavy (non-hydrogen) atoms. The molecule has 1 aromatic carbocycles. The van der Waals surface area contributed by atoms with E-state index in [2.05, 4.69) is 39.8 Å². The normalized spacial score (nSPS) is 30.9. The summed E-state index contributed by atoms with van der Waals surface area (Å²) in [5.74, 6) is -2.63. The van der Waals surface area contributed by atoms with Crippen molar-refractivity contribution in [1.29, 1.82) is 0 Å². The van der Waals surface area contributed by atoms with Crippen molar-refractivity contribution in [3.8, 4) is 5.75 Å². The second kappa shape index (κ2) is 8.86. The molecule has 1 saturated heterocycles. The van der Waals surface area contributed by atoms with Crippen molar-refractivity contribution < 1.29 is 24.5 Å². The van der Waals surface area contributed by atoms with Gasteiger partial charge in [-0.1, -0.05) is 26.0 Å². The summed E-state index contributed by atoms with van der Waals surface area (Å²) in [5.41, 5.74) is 11.7. The number of aliphatic imine (C=N–C) groups is 2. The van der Waals surface area contributed by atoms with Gasteiger partial charge in [0.2, 0.25) is 5.79 Å². The number of nitrogens with two attached hydrogens (primary N) is 2. The lowest BCUT2D eigenvalue weighted by Gasteiger charge is -2.49. The SMILES string of the molecule is CN(C(=O)NC[C@@H]1N=C(N)N2CC(NC(=O)c3cccc4c3OCCC4(C)C)C(O)(O)[C@@]23NC(N)=N[C@@H]13)C1CC1. The molecule has 14 nitrogen and oxygen atoms in total. The van der Waals surface area contributed by atoms with E-state index in [4.69, 9.17) is 16.2 Å². The molecule has 1 unspecified atom stereocenters. The third-order valence-corrected chi connectivity index (χ3v) is 8.95. The van der Waals surface area contributed by atoms with E-state index >= 15 is 0 Å². The molecular weight excluding hydrogens is 518 g/mol. The first-order chi connectivity index (χ1) is 18.9. The Balaban J connectivity index is 1.26. The van der Waals surface area contributed by atoms with Gasteiger partial charge in [0.05, 0.1) is 18.2 Å². The first kappa shape index (κ1) is 26.4. The maximum absolute atomic E-state index is 13.6. The number of fused-ring (bicyclic) bond motifs is 1. The predicted octanol–water partition coefficient (Wildman–Crippen LogP) is -1.67. The van der Waals surface area contributed by atoms with Crippen LogP contribution in [0.25, 0.3) is 0 Å². The quantitative estimate of drug-likeness (QED) is 0.207. The number of hydrogen-bond acceptors (Lipinski definition) is 11. The van der Waals surface area contributed by atoms with E-state index in [1.807, 2.05) is 6.07 Å². The van der Waals surface area contributed by atoms with E-state index in [1.165, 1.54) is 4.90 Å². The van der Waals surface area contributed by atoms with Crippen LogP contribution in [0.15, 0.2) is 28.2 Å². The lowest BCUT2D eigenvalue weighted by Crippen LogP contribution is -2.78. The van der Waals surface area contributed by atoms with Crippen molar-refractivity contribution in [2.45, 2.75) is 74.1 Å². The molecule has 6 rings (SSSR count). The number of carbonyl (C=O) groups excluding carboxylic acids is 2. The van der Waals surface area contributed by atoms with E-state index in [-0.39, 0.29) is 42.5 Å². The summed E-state index contributed by atoms with van der Waals surface area (Å²) in [7, 11) is 1.73. The fraction of sp³-hybridized carbons (Fsp3) is 0.615. The minimum Gasteiger partial charge on any atom is -0.492 e. The highest BCUT2D eigenvalue weighted by atomic mass is 16.5. The van der Waals surface area contributed by atoms with E-state index < -0.39 is 35.5 Å². The van der Waals surface area contributed by atoms with Gasteiger partial charge >= 0.3 is 6.03 Å². The summed E-state index contributed by atoms with van der Waals surface area (Å²) in [6.45, 7) is 4.63. The van der Waals surface area contributed by atoms with E-state index in [9.17, 15) is 19.8 Å². The van der Waals surface area contributed by atoms with Gasteiger partial charge in [-0.15, -0.1) is 0 Å². The summed E-state index contributed by atoms with van der Waals surface area (Å²) >= 11 is 0. The molecule has 0 radical (unpaired) electrons. The Kier molecular flexibility index (Phi) is 5.86. The number of hydrogen-bond donors (Lipinski definition) is 7. The lowest BCUT2D eigenvalue weighted by atomic mass is 9.79. The molecule has 1 aromatic rings. The van der Waals surface area contributed by atoms with Crippen molar-refractivity contribution in [1.82, 2.24) is 25.8 Å². The van der Waals surface area contributed by atoms with Crippen LogP contribution in [0.2, 0.25) is 0 Å².